The summed E-state index contributed by atoms with van der Waals surface area (Å²) in [5.41, 5.74) is 0.771. The second-order valence-electron chi connectivity index (χ2n) is 4.80. The number of ether oxygens (including phenoxy) is 1. The Morgan fingerprint density at radius 1 is 1.33 bits per heavy atom. The maximum atomic E-state index is 13.6. The Morgan fingerprint density at radius 2 is 2.10 bits per heavy atom. The van der Waals surface area contributed by atoms with Crippen LogP contribution in [0.15, 0.2) is 30.5 Å². The molecular formula is C15H15ClF2N2O. The van der Waals surface area contributed by atoms with Gasteiger partial charge in [0.15, 0.2) is 11.6 Å². The molecule has 0 spiro atoms. The Bertz CT molecular complexity index is 635. The number of hydrogen-bond acceptors (Lipinski definition) is 3. The highest BCUT2D eigenvalue weighted by molar-refractivity contribution is 6.31. The van der Waals surface area contributed by atoms with Crippen molar-refractivity contribution in [2.75, 3.05) is 0 Å². The summed E-state index contributed by atoms with van der Waals surface area (Å²) in [4.78, 5) is 3.96. The van der Waals surface area contributed by atoms with Crippen LogP contribution < -0.4 is 10.1 Å². The van der Waals surface area contributed by atoms with Crippen molar-refractivity contribution in [3.8, 4) is 11.6 Å². The predicted molar refractivity (Wildman–Crippen MR) is 77.7 cm³/mol. The van der Waals surface area contributed by atoms with Gasteiger partial charge >= 0.3 is 0 Å². The maximum Gasteiger partial charge on any atom is 0.219 e. The second kappa shape index (κ2) is 6.83. The molecule has 0 fully saturated rings. The fourth-order valence-corrected chi connectivity index (χ4v) is 1.81. The van der Waals surface area contributed by atoms with Crippen molar-refractivity contribution in [3.63, 3.8) is 0 Å². The number of aromatic nitrogens is 1. The molecule has 3 nitrogen and oxygen atoms in total. The van der Waals surface area contributed by atoms with Crippen LogP contribution in [0.2, 0.25) is 5.02 Å². The first-order valence-electron chi connectivity index (χ1n) is 6.47. The second-order valence-corrected chi connectivity index (χ2v) is 5.21. The van der Waals surface area contributed by atoms with Crippen molar-refractivity contribution >= 4 is 11.6 Å². The Hall–Kier alpha value is -1.72. The molecule has 1 aromatic carbocycles. The van der Waals surface area contributed by atoms with Crippen LogP contribution in [0.1, 0.15) is 19.4 Å². The average Bonchev–Trinajstić information content (AvgIpc) is 2.44. The number of benzene rings is 1. The molecule has 1 aromatic heterocycles. The molecular weight excluding hydrogens is 298 g/mol. The molecule has 0 amide bonds. The summed E-state index contributed by atoms with van der Waals surface area (Å²) in [6.45, 7) is 4.55. The monoisotopic (exact) mass is 312 g/mol. The van der Waals surface area contributed by atoms with Crippen LogP contribution in [0.4, 0.5) is 8.78 Å². The highest BCUT2D eigenvalue weighted by Gasteiger charge is 2.11. The molecule has 21 heavy (non-hydrogen) atoms. The van der Waals surface area contributed by atoms with Gasteiger partial charge in [0, 0.05) is 24.8 Å². The van der Waals surface area contributed by atoms with Crippen molar-refractivity contribution in [1.82, 2.24) is 10.3 Å². The Balaban J connectivity index is 2.20. The van der Waals surface area contributed by atoms with E-state index in [1.165, 1.54) is 18.3 Å². The third-order valence-electron chi connectivity index (χ3n) is 2.74. The summed E-state index contributed by atoms with van der Waals surface area (Å²) in [5.74, 6) is -2.07. The molecule has 0 aliphatic rings. The van der Waals surface area contributed by atoms with Gasteiger partial charge in [0.25, 0.3) is 0 Å². The lowest BCUT2D eigenvalue weighted by atomic mass is 10.2. The molecule has 1 heterocycles. The average molecular weight is 313 g/mol. The fraction of sp³-hybridized carbons (Fsp3) is 0.267. The zero-order valence-corrected chi connectivity index (χ0v) is 12.4. The van der Waals surface area contributed by atoms with Gasteiger partial charge in [-0.1, -0.05) is 31.5 Å². The maximum absolute atomic E-state index is 13.6. The molecule has 2 rings (SSSR count). The predicted octanol–water partition coefficient (Wildman–Crippen LogP) is 4.30. The molecule has 0 unspecified atom stereocenters. The van der Waals surface area contributed by atoms with Crippen LogP contribution >= 0.6 is 11.6 Å². The van der Waals surface area contributed by atoms with Gasteiger partial charge in [-0.3, -0.25) is 0 Å². The minimum atomic E-state index is -1.05. The molecule has 2 aromatic rings. The number of halogens is 3. The van der Waals surface area contributed by atoms with E-state index in [0.29, 0.717) is 17.6 Å². The van der Waals surface area contributed by atoms with Gasteiger partial charge in [0.1, 0.15) is 0 Å². The van der Waals surface area contributed by atoms with Crippen LogP contribution in [-0.2, 0) is 6.54 Å². The van der Waals surface area contributed by atoms with Crippen molar-refractivity contribution in [1.29, 1.82) is 0 Å². The SMILES string of the molecule is CC(C)NCc1cc(Oc2cccc(F)c2F)ncc1Cl. The molecule has 0 radical (unpaired) electrons. The Labute approximate surface area is 126 Å². The zero-order chi connectivity index (χ0) is 15.4. The molecule has 112 valence electrons. The Morgan fingerprint density at radius 3 is 2.81 bits per heavy atom. The first-order chi connectivity index (χ1) is 9.97. The number of rotatable bonds is 5. The smallest absolute Gasteiger partial charge is 0.219 e. The third-order valence-corrected chi connectivity index (χ3v) is 3.08. The van der Waals surface area contributed by atoms with Gasteiger partial charge in [-0.2, -0.15) is 4.39 Å². The van der Waals surface area contributed by atoms with E-state index in [1.807, 2.05) is 13.8 Å². The van der Waals surface area contributed by atoms with Crippen molar-refractivity contribution in [3.05, 3.63) is 52.7 Å². The lowest BCUT2D eigenvalue weighted by Crippen LogP contribution is -2.22. The molecule has 0 bridgehead atoms. The van der Waals surface area contributed by atoms with Crippen LogP contribution in [0.25, 0.3) is 0 Å². The number of nitrogens with zero attached hydrogens (tertiary/aromatic N) is 1. The number of hydrogen-bond donors (Lipinski definition) is 1. The largest absolute Gasteiger partial charge is 0.436 e. The zero-order valence-electron chi connectivity index (χ0n) is 11.7. The summed E-state index contributed by atoms with van der Waals surface area (Å²) in [7, 11) is 0. The minimum Gasteiger partial charge on any atom is -0.436 e. The van der Waals surface area contributed by atoms with Gasteiger partial charge in [0.2, 0.25) is 11.7 Å². The van der Waals surface area contributed by atoms with E-state index in [9.17, 15) is 8.78 Å². The lowest BCUT2D eigenvalue weighted by molar-refractivity contribution is 0.405. The summed E-state index contributed by atoms with van der Waals surface area (Å²) < 4.78 is 32.0. The van der Waals surface area contributed by atoms with Crippen LogP contribution in [0.3, 0.4) is 0 Å². The molecule has 0 saturated carbocycles. The minimum absolute atomic E-state index is 0.157. The summed E-state index contributed by atoms with van der Waals surface area (Å²) in [6.07, 6.45) is 1.42. The third kappa shape index (κ3) is 4.12. The summed E-state index contributed by atoms with van der Waals surface area (Å²) in [5, 5.41) is 3.69. The van der Waals surface area contributed by atoms with Crippen LogP contribution in [0, 0.1) is 11.6 Å². The molecule has 0 aliphatic carbocycles. The number of pyridine rings is 1. The first kappa shape index (κ1) is 15.7. The Kier molecular flexibility index (Phi) is 5.09. The van der Waals surface area contributed by atoms with Gasteiger partial charge in [0.05, 0.1) is 5.02 Å². The lowest BCUT2D eigenvalue weighted by Gasteiger charge is -2.11. The van der Waals surface area contributed by atoms with Gasteiger partial charge in [-0.05, 0) is 17.7 Å². The standard InChI is InChI=1S/C15H15ClF2N2O/c1-9(2)19-7-10-6-14(20-8-11(10)16)21-13-5-3-4-12(17)15(13)18/h3-6,8-9,19H,7H2,1-2H3. The molecule has 1 N–H and O–H groups in total. The van der Waals surface area contributed by atoms with Gasteiger partial charge in [-0.25, -0.2) is 9.37 Å². The van der Waals surface area contributed by atoms with Gasteiger partial charge < -0.3 is 10.1 Å². The van der Waals surface area contributed by atoms with E-state index in [-0.39, 0.29) is 11.6 Å². The van der Waals surface area contributed by atoms with E-state index in [0.717, 1.165) is 11.6 Å². The normalized spacial score (nSPS) is 11.0. The van der Waals surface area contributed by atoms with E-state index in [2.05, 4.69) is 10.3 Å². The summed E-state index contributed by atoms with van der Waals surface area (Å²) >= 11 is 6.05. The molecule has 0 atom stereocenters. The van der Waals surface area contributed by atoms with E-state index in [4.69, 9.17) is 16.3 Å². The molecule has 0 aliphatic heterocycles. The van der Waals surface area contributed by atoms with Crippen molar-refractivity contribution < 1.29 is 13.5 Å². The number of nitrogens with one attached hydrogen (secondary N) is 1. The molecule has 0 saturated heterocycles. The topological polar surface area (TPSA) is 34.1 Å². The van der Waals surface area contributed by atoms with Gasteiger partial charge in [-0.15, -0.1) is 0 Å². The van der Waals surface area contributed by atoms with Crippen molar-refractivity contribution in [2.24, 2.45) is 0 Å². The quantitative estimate of drug-likeness (QED) is 0.893. The summed E-state index contributed by atoms with van der Waals surface area (Å²) in [6, 6.07) is 5.61. The first-order valence-corrected chi connectivity index (χ1v) is 6.85. The highest BCUT2D eigenvalue weighted by Crippen LogP contribution is 2.27. The van der Waals surface area contributed by atoms with E-state index < -0.39 is 11.6 Å². The highest BCUT2D eigenvalue weighted by atomic mass is 35.5. The fourth-order valence-electron chi connectivity index (χ4n) is 1.64. The van der Waals surface area contributed by atoms with Crippen molar-refractivity contribution in [2.45, 2.75) is 26.4 Å². The van der Waals surface area contributed by atoms with E-state index in [1.54, 1.807) is 6.07 Å². The van der Waals surface area contributed by atoms with Crippen LogP contribution in [0.5, 0.6) is 11.6 Å². The van der Waals surface area contributed by atoms with Crippen LogP contribution in [-0.4, -0.2) is 11.0 Å². The molecule has 6 heteroatoms. The van der Waals surface area contributed by atoms with E-state index >= 15 is 0 Å².